The van der Waals surface area contributed by atoms with E-state index in [9.17, 15) is 0 Å². The molecule has 67 heavy (non-hydrogen) atoms. The Bertz CT molecular complexity index is 3230. The van der Waals surface area contributed by atoms with Crippen molar-refractivity contribution in [3.05, 3.63) is 221 Å². The molecule has 3 nitrogen and oxygen atoms in total. The van der Waals surface area contributed by atoms with Gasteiger partial charge in [0.05, 0.1) is 0 Å². The van der Waals surface area contributed by atoms with E-state index in [1.807, 2.05) is 0 Å². The van der Waals surface area contributed by atoms with Gasteiger partial charge in [0.15, 0.2) is 0 Å². The van der Waals surface area contributed by atoms with Crippen LogP contribution < -0.4 is 26.2 Å². The van der Waals surface area contributed by atoms with Gasteiger partial charge in [-0.25, -0.2) is 0 Å². The third-order valence-corrected chi connectivity index (χ3v) is 14.3. The summed E-state index contributed by atoms with van der Waals surface area (Å²) in [6, 6.07) is 70.4. The van der Waals surface area contributed by atoms with Gasteiger partial charge in [0, 0.05) is 45.2 Å². The lowest BCUT2D eigenvalue weighted by Crippen LogP contribution is -2.61. The van der Waals surface area contributed by atoms with Crippen molar-refractivity contribution in [3.63, 3.8) is 0 Å². The standard InChI is InChI=1S/C63H59BN2O/c1-61(2,3)46-32-25-41(26-33-46)44-17-15-20-50(39-44)66-54-23-16-22-53-59(54)64(58-51-21-13-14-24-56(51)67-60(58)66)52-38-31-45(40-55(52)65(53)49-18-11-10-12-19-49)57(42-27-34-47(35-28-42)62(4,5)6)43-29-36-48(37-30-43)63(7,8)9/h10-40,57H,1-9H3. The van der Waals surface area contributed by atoms with Crippen molar-refractivity contribution in [3.8, 4) is 11.1 Å². The van der Waals surface area contributed by atoms with E-state index in [2.05, 4.69) is 260 Å². The second kappa shape index (κ2) is 15.8. The molecule has 0 spiro atoms. The Balaban J connectivity index is 1.12. The highest BCUT2D eigenvalue weighted by atomic mass is 16.4. The maximum atomic E-state index is 7.09. The lowest BCUT2D eigenvalue weighted by Gasteiger charge is -2.42. The minimum atomic E-state index is -0.0752. The first-order valence-corrected chi connectivity index (χ1v) is 24.0. The zero-order chi connectivity index (χ0) is 46.4. The van der Waals surface area contributed by atoms with Crippen LogP contribution in [-0.2, 0) is 16.2 Å². The molecule has 0 unspecified atom stereocenters. The van der Waals surface area contributed by atoms with Crippen LogP contribution in [0.25, 0.3) is 22.1 Å². The Labute approximate surface area is 397 Å². The van der Waals surface area contributed by atoms with E-state index < -0.39 is 0 Å². The van der Waals surface area contributed by atoms with Gasteiger partial charge in [0.25, 0.3) is 6.71 Å². The van der Waals surface area contributed by atoms with Gasteiger partial charge in [-0.15, -0.1) is 0 Å². The van der Waals surface area contributed by atoms with Gasteiger partial charge >= 0.3 is 0 Å². The predicted octanol–water partition coefficient (Wildman–Crippen LogP) is 15.3. The van der Waals surface area contributed by atoms with Crippen LogP contribution in [0.1, 0.15) is 102 Å². The number of fused-ring (bicyclic) bond motifs is 6. The summed E-state index contributed by atoms with van der Waals surface area (Å²) >= 11 is 0. The first kappa shape index (κ1) is 42.6. The van der Waals surface area contributed by atoms with Crippen molar-refractivity contribution in [2.75, 3.05) is 9.80 Å². The number of hydrogen-bond donors (Lipinski definition) is 0. The molecular formula is C63H59BN2O. The lowest BCUT2D eigenvalue weighted by molar-refractivity contribution is 0.589. The molecule has 0 fully saturated rings. The molecule has 0 saturated carbocycles. The quantitative estimate of drug-likeness (QED) is 0.123. The Kier molecular flexibility index (Phi) is 10.0. The molecule has 0 atom stereocenters. The summed E-state index contributed by atoms with van der Waals surface area (Å²) in [5.41, 5.74) is 20.7. The van der Waals surface area contributed by atoms with Crippen LogP contribution in [-0.4, -0.2) is 6.71 Å². The Morgan fingerprint density at radius 1 is 0.403 bits per heavy atom. The minimum absolute atomic E-state index is 0.0165. The fourth-order valence-corrected chi connectivity index (χ4v) is 10.6. The van der Waals surface area contributed by atoms with Crippen LogP contribution in [0.5, 0.6) is 0 Å². The molecule has 3 heterocycles. The summed E-state index contributed by atoms with van der Waals surface area (Å²) in [4.78, 5) is 4.88. The van der Waals surface area contributed by atoms with E-state index in [1.54, 1.807) is 0 Å². The van der Waals surface area contributed by atoms with Crippen molar-refractivity contribution in [1.29, 1.82) is 0 Å². The van der Waals surface area contributed by atoms with Gasteiger partial charge in [0.1, 0.15) is 5.58 Å². The number of nitrogens with zero attached hydrogens (tertiary/aromatic N) is 2. The van der Waals surface area contributed by atoms with Crippen LogP contribution in [0.4, 0.5) is 34.3 Å². The third kappa shape index (κ3) is 7.38. The van der Waals surface area contributed by atoms with Crippen LogP contribution in [0.15, 0.2) is 192 Å². The molecule has 0 amide bonds. The van der Waals surface area contributed by atoms with Crippen molar-refractivity contribution in [2.24, 2.45) is 0 Å². The van der Waals surface area contributed by atoms with Gasteiger partial charge in [-0.3, -0.25) is 4.90 Å². The highest BCUT2D eigenvalue weighted by molar-refractivity contribution is 7.01. The zero-order valence-corrected chi connectivity index (χ0v) is 40.4. The van der Waals surface area contributed by atoms with E-state index in [0.29, 0.717) is 0 Å². The summed E-state index contributed by atoms with van der Waals surface area (Å²) in [7, 11) is 0. The van der Waals surface area contributed by atoms with E-state index in [0.717, 1.165) is 33.9 Å². The first-order chi connectivity index (χ1) is 32.1. The number of furan rings is 1. The topological polar surface area (TPSA) is 19.6 Å². The fourth-order valence-electron chi connectivity index (χ4n) is 10.6. The molecule has 0 N–H and O–H groups in total. The highest BCUT2D eigenvalue weighted by Gasteiger charge is 2.46. The van der Waals surface area contributed by atoms with Crippen LogP contribution >= 0.6 is 0 Å². The summed E-state index contributed by atoms with van der Waals surface area (Å²) in [6.07, 6.45) is 0. The maximum Gasteiger partial charge on any atom is 0.257 e. The summed E-state index contributed by atoms with van der Waals surface area (Å²) in [5.74, 6) is 0.887. The lowest BCUT2D eigenvalue weighted by atomic mass is 9.33. The smallest absolute Gasteiger partial charge is 0.257 e. The van der Waals surface area contributed by atoms with Gasteiger partial charge in [-0.1, -0.05) is 202 Å². The number of rotatable bonds is 6. The second-order valence-corrected chi connectivity index (χ2v) is 21.8. The average molecular weight is 871 g/mol. The molecular weight excluding hydrogens is 812 g/mol. The monoisotopic (exact) mass is 870 g/mol. The summed E-state index contributed by atoms with van der Waals surface area (Å²) < 4.78 is 7.09. The summed E-state index contributed by atoms with van der Waals surface area (Å²) in [6.45, 7) is 20.5. The molecule has 2 aliphatic heterocycles. The van der Waals surface area contributed by atoms with Crippen molar-refractivity contribution >= 4 is 68.4 Å². The first-order valence-electron chi connectivity index (χ1n) is 24.0. The molecule has 4 heteroatoms. The van der Waals surface area contributed by atoms with Crippen LogP contribution in [0.3, 0.4) is 0 Å². The zero-order valence-electron chi connectivity index (χ0n) is 40.4. The fraction of sp³-hybridized carbons (Fsp3) is 0.206. The van der Waals surface area contributed by atoms with Crippen LogP contribution in [0.2, 0.25) is 0 Å². The molecule has 11 rings (SSSR count). The van der Waals surface area contributed by atoms with Crippen LogP contribution in [0, 0.1) is 0 Å². The molecule has 2 aliphatic rings. The Morgan fingerprint density at radius 2 is 0.925 bits per heavy atom. The highest BCUT2D eigenvalue weighted by Crippen LogP contribution is 2.47. The molecule has 1 aromatic heterocycles. The Hall–Kier alpha value is -7.04. The van der Waals surface area contributed by atoms with E-state index in [4.69, 9.17) is 4.42 Å². The van der Waals surface area contributed by atoms with Crippen molar-refractivity contribution in [2.45, 2.75) is 84.5 Å². The number of benzene rings is 8. The molecule has 8 aromatic carbocycles. The molecule has 0 saturated heterocycles. The average Bonchev–Trinajstić information content (AvgIpc) is 3.70. The van der Waals surface area contributed by atoms with E-state index >= 15 is 0 Å². The summed E-state index contributed by atoms with van der Waals surface area (Å²) in [5, 5.41) is 1.14. The van der Waals surface area contributed by atoms with Gasteiger partial charge in [0.2, 0.25) is 5.88 Å². The van der Waals surface area contributed by atoms with Crippen molar-refractivity contribution in [1.82, 2.24) is 0 Å². The molecule has 9 aromatic rings. The molecule has 0 aliphatic carbocycles. The third-order valence-electron chi connectivity index (χ3n) is 14.3. The maximum absolute atomic E-state index is 7.09. The normalized spacial score (nSPS) is 13.5. The number of anilines is 6. The molecule has 330 valence electrons. The predicted molar refractivity (Wildman–Crippen MR) is 286 cm³/mol. The number of hydrogen-bond acceptors (Lipinski definition) is 3. The SMILES string of the molecule is CC(C)(C)c1ccc(-c2cccc(N3c4cccc5c4B(c4ccc(C(c6ccc(C(C)(C)C)cc6)c6ccc(C(C)(C)C)cc6)cc4N5c4ccccc4)c4c3oc3ccccc43)c2)cc1. The van der Waals surface area contributed by atoms with Gasteiger partial charge in [-0.05, 0) is 120 Å². The molecule has 0 radical (unpaired) electrons. The Morgan fingerprint density at radius 3 is 1.54 bits per heavy atom. The van der Waals surface area contributed by atoms with Crippen molar-refractivity contribution < 1.29 is 4.42 Å². The minimum Gasteiger partial charge on any atom is -0.440 e. The number of para-hydroxylation sites is 2. The van der Waals surface area contributed by atoms with Gasteiger partial charge in [-0.2, -0.15) is 0 Å². The molecule has 0 bridgehead atoms. The van der Waals surface area contributed by atoms with Gasteiger partial charge < -0.3 is 9.32 Å². The van der Waals surface area contributed by atoms with E-state index in [1.165, 1.54) is 72.3 Å². The largest absolute Gasteiger partial charge is 0.440 e. The second-order valence-electron chi connectivity index (χ2n) is 21.8. The van der Waals surface area contributed by atoms with E-state index in [-0.39, 0.29) is 28.9 Å².